The predicted molar refractivity (Wildman–Crippen MR) is 102 cm³/mol. The van der Waals surface area contributed by atoms with Gasteiger partial charge in [-0.1, -0.05) is 23.2 Å². The summed E-state index contributed by atoms with van der Waals surface area (Å²) in [6.07, 6.45) is 0. The molecule has 2 aromatic carbocycles. The van der Waals surface area contributed by atoms with E-state index in [0.29, 0.717) is 26.2 Å². The minimum atomic E-state index is -0.564. The Hall–Kier alpha value is -2.70. The first kappa shape index (κ1) is 16.8. The van der Waals surface area contributed by atoms with E-state index in [1.807, 2.05) is 19.1 Å². The van der Waals surface area contributed by atoms with E-state index in [4.69, 9.17) is 16.0 Å². The van der Waals surface area contributed by atoms with Crippen molar-refractivity contribution in [2.45, 2.75) is 6.92 Å². The second-order valence-electron chi connectivity index (χ2n) is 5.83. The average Bonchev–Trinajstić information content (AvgIpc) is 3.05. The monoisotopic (exact) mass is 387 g/mol. The third kappa shape index (κ3) is 2.87. The maximum Gasteiger partial charge on any atom is 0.345 e. The molecule has 0 aliphatic carbocycles. The lowest BCUT2D eigenvalue weighted by atomic mass is 10.1. The SMILES string of the molecule is Cc1ccc2oc(=O)c3cc(C(=O)Nc4ccc(F)c(Cl)c4)sc3c2c1. The highest BCUT2D eigenvalue weighted by molar-refractivity contribution is 7.21. The van der Waals surface area contributed by atoms with Crippen molar-refractivity contribution >= 4 is 55.6 Å². The van der Waals surface area contributed by atoms with Crippen LogP contribution in [-0.2, 0) is 0 Å². The Labute approximate surface area is 155 Å². The summed E-state index contributed by atoms with van der Waals surface area (Å²) in [5.41, 5.74) is 1.38. The van der Waals surface area contributed by atoms with Crippen molar-refractivity contribution < 1.29 is 13.6 Å². The molecule has 0 radical (unpaired) electrons. The fraction of sp³-hybridized carbons (Fsp3) is 0.0526. The van der Waals surface area contributed by atoms with Crippen LogP contribution in [0.15, 0.2) is 51.7 Å². The second-order valence-corrected chi connectivity index (χ2v) is 7.28. The molecule has 26 heavy (non-hydrogen) atoms. The number of nitrogens with one attached hydrogen (secondary N) is 1. The van der Waals surface area contributed by atoms with Gasteiger partial charge in [0.25, 0.3) is 5.91 Å². The largest absolute Gasteiger partial charge is 0.422 e. The minimum Gasteiger partial charge on any atom is -0.422 e. The van der Waals surface area contributed by atoms with E-state index in [1.165, 1.54) is 35.6 Å². The van der Waals surface area contributed by atoms with Gasteiger partial charge in [-0.3, -0.25) is 4.79 Å². The van der Waals surface area contributed by atoms with E-state index in [-0.39, 0.29) is 5.02 Å². The summed E-state index contributed by atoms with van der Waals surface area (Å²) in [6, 6.07) is 10.9. The number of fused-ring (bicyclic) bond motifs is 3. The molecule has 0 aliphatic rings. The van der Waals surface area contributed by atoms with Gasteiger partial charge in [-0.05, 0) is 43.3 Å². The lowest BCUT2D eigenvalue weighted by Crippen LogP contribution is -2.10. The number of carbonyl (C=O) groups is 1. The van der Waals surface area contributed by atoms with Crippen LogP contribution >= 0.6 is 22.9 Å². The molecule has 0 aliphatic heterocycles. The summed E-state index contributed by atoms with van der Waals surface area (Å²) < 4.78 is 19.3. The maximum atomic E-state index is 13.2. The van der Waals surface area contributed by atoms with Gasteiger partial charge < -0.3 is 9.73 Å². The van der Waals surface area contributed by atoms with Gasteiger partial charge in [-0.15, -0.1) is 11.3 Å². The molecule has 2 aromatic heterocycles. The smallest absolute Gasteiger partial charge is 0.345 e. The lowest BCUT2D eigenvalue weighted by Gasteiger charge is -2.04. The van der Waals surface area contributed by atoms with Crippen molar-refractivity contribution in [1.82, 2.24) is 0 Å². The molecule has 0 bridgehead atoms. The molecule has 4 nitrogen and oxygen atoms in total. The van der Waals surface area contributed by atoms with Crippen LogP contribution < -0.4 is 10.9 Å². The summed E-state index contributed by atoms with van der Waals surface area (Å²) in [5, 5.41) is 3.71. The number of amides is 1. The normalized spacial score (nSPS) is 11.2. The number of benzene rings is 2. The van der Waals surface area contributed by atoms with Crippen molar-refractivity contribution in [3.63, 3.8) is 0 Å². The van der Waals surface area contributed by atoms with Crippen LogP contribution in [0.1, 0.15) is 15.2 Å². The van der Waals surface area contributed by atoms with Crippen molar-refractivity contribution in [3.8, 4) is 0 Å². The number of anilines is 1. The van der Waals surface area contributed by atoms with Crippen LogP contribution in [-0.4, -0.2) is 5.91 Å². The Morgan fingerprint density at radius 2 is 1.96 bits per heavy atom. The standard InChI is InChI=1S/C19H11ClFNO3S/c1-9-2-5-15-11(6-9)17-12(19(24)25-15)8-16(26-17)18(23)22-10-3-4-14(21)13(20)7-10/h2-8H,1H3,(H,22,23). The summed E-state index contributed by atoms with van der Waals surface area (Å²) in [4.78, 5) is 25.1. The molecule has 0 fully saturated rings. The molecule has 0 unspecified atom stereocenters. The van der Waals surface area contributed by atoms with Crippen molar-refractivity contribution in [1.29, 1.82) is 0 Å². The Morgan fingerprint density at radius 3 is 2.73 bits per heavy atom. The molecule has 0 saturated carbocycles. The van der Waals surface area contributed by atoms with Crippen LogP contribution in [0.3, 0.4) is 0 Å². The molecule has 2 heterocycles. The molecular formula is C19H11ClFNO3S. The molecule has 130 valence electrons. The third-order valence-electron chi connectivity index (χ3n) is 3.94. The van der Waals surface area contributed by atoms with E-state index in [0.717, 1.165) is 10.9 Å². The number of thiophene rings is 1. The molecule has 0 saturated heterocycles. The highest BCUT2D eigenvalue weighted by Crippen LogP contribution is 2.31. The molecule has 7 heteroatoms. The fourth-order valence-electron chi connectivity index (χ4n) is 2.69. The zero-order valence-electron chi connectivity index (χ0n) is 13.4. The van der Waals surface area contributed by atoms with Gasteiger partial charge >= 0.3 is 5.63 Å². The molecule has 1 amide bonds. The zero-order valence-corrected chi connectivity index (χ0v) is 15.0. The molecule has 0 atom stereocenters. The van der Waals surface area contributed by atoms with Crippen LogP contribution in [0, 0.1) is 12.7 Å². The average molecular weight is 388 g/mol. The third-order valence-corrected chi connectivity index (χ3v) is 5.39. The zero-order chi connectivity index (χ0) is 18.4. The van der Waals surface area contributed by atoms with Gasteiger partial charge in [0, 0.05) is 11.1 Å². The number of halogens is 2. The fourth-order valence-corrected chi connectivity index (χ4v) is 3.93. The van der Waals surface area contributed by atoms with E-state index in [2.05, 4.69) is 5.32 Å². The van der Waals surface area contributed by atoms with Crippen molar-refractivity contribution in [3.05, 3.63) is 74.2 Å². The summed E-state index contributed by atoms with van der Waals surface area (Å²) in [6.45, 7) is 1.94. The van der Waals surface area contributed by atoms with Crippen molar-refractivity contribution in [2.75, 3.05) is 5.32 Å². The second kappa shape index (κ2) is 6.23. The highest BCUT2D eigenvalue weighted by atomic mass is 35.5. The summed E-state index contributed by atoms with van der Waals surface area (Å²) in [7, 11) is 0. The Kier molecular flexibility index (Phi) is 4.01. The predicted octanol–water partition coefficient (Wildman–Crippen LogP) is 5.36. The molecular weight excluding hydrogens is 377 g/mol. The van der Waals surface area contributed by atoms with Gasteiger partial charge in [0.05, 0.1) is 20.0 Å². The van der Waals surface area contributed by atoms with E-state index >= 15 is 0 Å². The van der Waals surface area contributed by atoms with Gasteiger partial charge in [-0.25, -0.2) is 9.18 Å². The molecule has 0 spiro atoms. The topological polar surface area (TPSA) is 59.3 Å². The van der Waals surface area contributed by atoms with Crippen LogP contribution in [0.25, 0.3) is 21.1 Å². The van der Waals surface area contributed by atoms with Gasteiger partial charge in [0.2, 0.25) is 0 Å². The minimum absolute atomic E-state index is 0.0822. The van der Waals surface area contributed by atoms with Crippen LogP contribution in [0.4, 0.5) is 10.1 Å². The first-order valence-electron chi connectivity index (χ1n) is 7.66. The van der Waals surface area contributed by atoms with Crippen LogP contribution in [0.2, 0.25) is 5.02 Å². The summed E-state index contributed by atoms with van der Waals surface area (Å²) >= 11 is 6.94. The van der Waals surface area contributed by atoms with Gasteiger partial charge in [0.1, 0.15) is 11.4 Å². The summed E-state index contributed by atoms with van der Waals surface area (Å²) in [5.74, 6) is -0.972. The molecule has 1 N–H and O–H groups in total. The van der Waals surface area contributed by atoms with Gasteiger partial charge in [-0.2, -0.15) is 0 Å². The highest BCUT2D eigenvalue weighted by Gasteiger charge is 2.16. The number of hydrogen-bond acceptors (Lipinski definition) is 4. The number of aryl methyl sites for hydroxylation is 1. The van der Waals surface area contributed by atoms with E-state index in [9.17, 15) is 14.0 Å². The maximum absolute atomic E-state index is 13.2. The Bertz CT molecular complexity index is 1240. The lowest BCUT2D eigenvalue weighted by molar-refractivity contribution is 0.103. The van der Waals surface area contributed by atoms with E-state index < -0.39 is 17.3 Å². The van der Waals surface area contributed by atoms with Gasteiger partial charge in [0.15, 0.2) is 0 Å². The Morgan fingerprint density at radius 1 is 1.15 bits per heavy atom. The molecule has 4 rings (SSSR count). The molecule has 4 aromatic rings. The number of carbonyl (C=O) groups excluding carboxylic acids is 1. The van der Waals surface area contributed by atoms with E-state index in [1.54, 1.807) is 6.07 Å². The first-order chi connectivity index (χ1) is 12.4. The number of hydrogen-bond donors (Lipinski definition) is 1. The van der Waals surface area contributed by atoms with Crippen LogP contribution in [0.5, 0.6) is 0 Å². The first-order valence-corrected chi connectivity index (χ1v) is 8.85. The van der Waals surface area contributed by atoms with Crippen molar-refractivity contribution in [2.24, 2.45) is 0 Å². The Balaban J connectivity index is 1.79. The quantitative estimate of drug-likeness (QED) is 0.471. The number of rotatable bonds is 2.